The van der Waals surface area contributed by atoms with E-state index in [0.29, 0.717) is 18.7 Å². The summed E-state index contributed by atoms with van der Waals surface area (Å²) in [6, 6.07) is 20.0. The number of rotatable bonds is 3. The minimum Gasteiger partial charge on any atom is -0.493 e. The fourth-order valence-corrected chi connectivity index (χ4v) is 3.34. The lowest BCUT2D eigenvalue weighted by Crippen LogP contribution is -2.30. The Morgan fingerprint density at radius 2 is 1.92 bits per heavy atom. The summed E-state index contributed by atoms with van der Waals surface area (Å²) in [6.07, 6.45) is 0.872. The molecule has 0 aliphatic carbocycles. The van der Waals surface area contributed by atoms with Crippen molar-refractivity contribution < 1.29 is 9.53 Å². The highest BCUT2D eigenvalue weighted by Gasteiger charge is 2.20. The lowest BCUT2D eigenvalue weighted by Gasteiger charge is -2.23. The van der Waals surface area contributed by atoms with Gasteiger partial charge in [-0.15, -0.1) is 0 Å². The molecule has 1 aliphatic heterocycles. The molecular formula is C21H19NO2. The van der Waals surface area contributed by atoms with Gasteiger partial charge >= 0.3 is 0 Å². The minimum atomic E-state index is 0.0311. The Bertz CT molecular complexity index is 911. The van der Waals surface area contributed by atoms with Gasteiger partial charge in [-0.05, 0) is 42.1 Å². The van der Waals surface area contributed by atoms with E-state index in [-0.39, 0.29) is 5.91 Å². The second kappa shape index (κ2) is 6.00. The molecule has 0 radical (unpaired) electrons. The smallest absolute Gasteiger partial charge is 0.258 e. The molecule has 0 N–H and O–H groups in total. The van der Waals surface area contributed by atoms with Crippen molar-refractivity contribution in [1.29, 1.82) is 0 Å². The van der Waals surface area contributed by atoms with Gasteiger partial charge in [0.15, 0.2) is 0 Å². The first-order valence-corrected chi connectivity index (χ1v) is 8.33. The third kappa shape index (κ3) is 2.42. The maximum atomic E-state index is 13.1. The molecule has 1 aliphatic rings. The van der Waals surface area contributed by atoms with Gasteiger partial charge < -0.3 is 9.64 Å². The highest BCUT2D eigenvalue weighted by molar-refractivity contribution is 6.10. The van der Waals surface area contributed by atoms with Crippen LogP contribution in [0.5, 0.6) is 5.75 Å². The maximum Gasteiger partial charge on any atom is 0.258 e. The number of anilines is 1. The van der Waals surface area contributed by atoms with Gasteiger partial charge in [-0.1, -0.05) is 36.4 Å². The lowest BCUT2D eigenvalue weighted by atomic mass is 10.1. The number of hydrogen-bond donors (Lipinski definition) is 0. The number of benzene rings is 3. The molecule has 1 heterocycles. The van der Waals surface area contributed by atoms with Gasteiger partial charge in [0.1, 0.15) is 5.75 Å². The summed E-state index contributed by atoms with van der Waals surface area (Å²) < 4.78 is 5.54. The Balaban J connectivity index is 1.76. The zero-order chi connectivity index (χ0) is 16.5. The molecule has 0 unspecified atom stereocenters. The van der Waals surface area contributed by atoms with Crippen LogP contribution >= 0.6 is 0 Å². The van der Waals surface area contributed by atoms with Crippen LogP contribution in [0.4, 0.5) is 5.69 Å². The Morgan fingerprint density at radius 1 is 1.08 bits per heavy atom. The van der Waals surface area contributed by atoms with Gasteiger partial charge in [0.25, 0.3) is 5.91 Å². The monoisotopic (exact) mass is 317 g/mol. The van der Waals surface area contributed by atoms with E-state index in [0.717, 1.165) is 34.2 Å². The molecule has 0 saturated heterocycles. The van der Waals surface area contributed by atoms with Gasteiger partial charge in [-0.25, -0.2) is 0 Å². The second-order valence-corrected chi connectivity index (χ2v) is 5.97. The van der Waals surface area contributed by atoms with Crippen LogP contribution in [0, 0.1) is 0 Å². The predicted octanol–water partition coefficient (Wildman–Crippen LogP) is 4.44. The van der Waals surface area contributed by atoms with E-state index in [1.165, 1.54) is 0 Å². The van der Waals surface area contributed by atoms with Gasteiger partial charge in [0, 0.05) is 23.9 Å². The molecule has 0 saturated carbocycles. The molecule has 0 fully saturated rings. The van der Waals surface area contributed by atoms with Gasteiger partial charge in [-0.3, -0.25) is 4.79 Å². The first-order chi connectivity index (χ1) is 11.8. The maximum absolute atomic E-state index is 13.1. The molecular weight excluding hydrogens is 298 g/mol. The number of ether oxygens (including phenoxy) is 1. The fourth-order valence-electron chi connectivity index (χ4n) is 3.34. The van der Waals surface area contributed by atoms with E-state index in [4.69, 9.17) is 4.74 Å². The summed E-state index contributed by atoms with van der Waals surface area (Å²) in [5, 5.41) is 2.24. The molecule has 0 bridgehead atoms. The third-order valence-electron chi connectivity index (χ3n) is 4.56. The lowest BCUT2D eigenvalue weighted by molar-refractivity contribution is 0.0988. The molecule has 3 aromatic rings. The summed E-state index contributed by atoms with van der Waals surface area (Å²) in [5.74, 6) is 0.934. The Hall–Kier alpha value is -2.81. The van der Waals surface area contributed by atoms with E-state index in [1.807, 2.05) is 54.3 Å². The fraction of sp³-hybridized carbons (Fsp3) is 0.190. The van der Waals surface area contributed by atoms with Crippen molar-refractivity contribution in [2.24, 2.45) is 0 Å². The summed E-state index contributed by atoms with van der Waals surface area (Å²) in [5.41, 5.74) is 2.79. The second-order valence-electron chi connectivity index (χ2n) is 5.97. The minimum absolute atomic E-state index is 0.0311. The summed E-state index contributed by atoms with van der Waals surface area (Å²) in [4.78, 5) is 15.0. The first-order valence-electron chi connectivity index (χ1n) is 8.33. The van der Waals surface area contributed by atoms with Crippen molar-refractivity contribution in [1.82, 2.24) is 0 Å². The molecule has 3 aromatic carbocycles. The topological polar surface area (TPSA) is 29.5 Å². The van der Waals surface area contributed by atoms with Crippen molar-refractivity contribution in [3.63, 3.8) is 0 Å². The van der Waals surface area contributed by atoms with Crippen molar-refractivity contribution in [2.45, 2.75) is 13.3 Å². The van der Waals surface area contributed by atoms with Crippen molar-refractivity contribution in [2.75, 3.05) is 18.1 Å². The molecule has 24 heavy (non-hydrogen) atoms. The quantitative estimate of drug-likeness (QED) is 0.714. The molecule has 120 valence electrons. The molecule has 3 heteroatoms. The summed E-state index contributed by atoms with van der Waals surface area (Å²) >= 11 is 0. The zero-order valence-electron chi connectivity index (χ0n) is 13.7. The van der Waals surface area contributed by atoms with E-state index >= 15 is 0 Å². The number of carbonyl (C=O) groups is 1. The third-order valence-corrected chi connectivity index (χ3v) is 4.56. The average molecular weight is 317 g/mol. The zero-order valence-corrected chi connectivity index (χ0v) is 13.7. The summed E-state index contributed by atoms with van der Waals surface area (Å²) in [6.45, 7) is 3.34. The summed E-state index contributed by atoms with van der Waals surface area (Å²) in [7, 11) is 0. The number of fused-ring (bicyclic) bond motifs is 2. The number of hydrogen-bond acceptors (Lipinski definition) is 2. The van der Waals surface area contributed by atoms with E-state index in [2.05, 4.69) is 18.2 Å². The van der Waals surface area contributed by atoms with Crippen LogP contribution in [-0.4, -0.2) is 19.1 Å². The van der Waals surface area contributed by atoms with Crippen molar-refractivity contribution in [3.8, 4) is 5.75 Å². The molecule has 4 rings (SSSR count). The van der Waals surface area contributed by atoms with Crippen LogP contribution < -0.4 is 9.64 Å². The molecule has 3 nitrogen and oxygen atoms in total. The standard InChI is InChI=1S/C21H19NO2/c1-2-22(19-9-5-7-15-6-3-4-8-18(15)19)21(23)17-10-11-20-16(14-17)12-13-24-20/h3-11,14H,2,12-13H2,1H3. The van der Waals surface area contributed by atoms with E-state index < -0.39 is 0 Å². The Kier molecular flexibility index (Phi) is 3.69. The SMILES string of the molecule is CCN(C(=O)c1ccc2c(c1)CCO2)c1cccc2ccccc12. The Labute approximate surface area is 141 Å². The van der Waals surface area contributed by atoms with E-state index in [9.17, 15) is 4.79 Å². The van der Waals surface area contributed by atoms with Crippen LogP contribution in [0.3, 0.4) is 0 Å². The van der Waals surface area contributed by atoms with Gasteiger partial charge in [0.2, 0.25) is 0 Å². The van der Waals surface area contributed by atoms with Crippen LogP contribution in [0.2, 0.25) is 0 Å². The number of amides is 1. The van der Waals surface area contributed by atoms with Crippen LogP contribution in [0.1, 0.15) is 22.8 Å². The largest absolute Gasteiger partial charge is 0.493 e. The van der Waals surface area contributed by atoms with Crippen molar-refractivity contribution in [3.05, 3.63) is 71.8 Å². The number of carbonyl (C=O) groups excluding carboxylic acids is 1. The van der Waals surface area contributed by atoms with Crippen molar-refractivity contribution >= 4 is 22.4 Å². The first kappa shape index (κ1) is 14.8. The van der Waals surface area contributed by atoms with Crippen LogP contribution in [-0.2, 0) is 6.42 Å². The van der Waals surface area contributed by atoms with E-state index in [1.54, 1.807) is 0 Å². The van der Waals surface area contributed by atoms with Crippen LogP contribution in [0.25, 0.3) is 10.8 Å². The molecule has 0 atom stereocenters. The van der Waals surface area contributed by atoms with Gasteiger partial charge in [0.05, 0.1) is 12.3 Å². The molecule has 0 aromatic heterocycles. The number of nitrogens with zero attached hydrogens (tertiary/aromatic N) is 1. The highest BCUT2D eigenvalue weighted by Crippen LogP contribution is 2.30. The van der Waals surface area contributed by atoms with Crippen LogP contribution in [0.15, 0.2) is 60.7 Å². The van der Waals surface area contributed by atoms with Gasteiger partial charge in [-0.2, -0.15) is 0 Å². The molecule has 1 amide bonds. The average Bonchev–Trinajstić information content (AvgIpc) is 3.10. The Morgan fingerprint density at radius 3 is 2.79 bits per heavy atom. The normalized spacial score (nSPS) is 12.7. The predicted molar refractivity (Wildman–Crippen MR) is 96.9 cm³/mol. The molecule has 0 spiro atoms. The highest BCUT2D eigenvalue weighted by atomic mass is 16.5.